The van der Waals surface area contributed by atoms with Crippen LogP contribution in [0.25, 0.3) is 0 Å². The molecule has 6 rings (SSSR count). The van der Waals surface area contributed by atoms with Crippen LogP contribution in [0, 0.1) is 11.8 Å². The predicted molar refractivity (Wildman–Crippen MR) is 245 cm³/mol. The minimum Gasteiger partial charge on any atom is -0.379 e. The number of thiol groups is 1. The summed E-state index contributed by atoms with van der Waals surface area (Å²) in [6, 6.07) is 58.6. The van der Waals surface area contributed by atoms with Crippen molar-refractivity contribution in [1.82, 2.24) is 0 Å². The monoisotopic (exact) mass is 806 g/mol. The molecule has 0 fully saturated rings. The van der Waals surface area contributed by atoms with Gasteiger partial charge in [0.25, 0.3) is 0 Å². The second-order valence-corrected chi connectivity index (χ2v) is 17.8. The molecule has 0 spiro atoms. The smallest absolute Gasteiger partial charge is 0.115 e. The Morgan fingerprint density at radius 1 is 0.411 bits per heavy atom. The van der Waals surface area contributed by atoms with Crippen molar-refractivity contribution >= 4 is 47.9 Å². The molecule has 0 bridgehead atoms. The SMILES string of the molecule is OC(S)/C=C\C(C/C=C\C(C/C=C\CCc1ccc(Sc2ccccc2)cc1)Cc1ccc(Sc2ccccc2)cc1)Cc1ccc(Sc2ccccc2)cc1. The van der Waals surface area contributed by atoms with E-state index in [0.29, 0.717) is 5.92 Å². The molecule has 0 heterocycles. The molecule has 6 aromatic carbocycles. The minimum absolute atomic E-state index is 0.253. The highest BCUT2D eigenvalue weighted by Gasteiger charge is 2.10. The summed E-state index contributed by atoms with van der Waals surface area (Å²) < 4.78 is 0. The van der Waals surface area contributed by atoms with Gasteiger partial charge in [-0.05, 0) is 146 Å². The van der Waals surface area contributed by atoms with E-state index < -0.39 is 5.44 Å². The molecule has 0 aromatic heterocycles. The fraction of sp³-hybridized carbons (Fsp3) is 0.176. The van der Waals surface area contributed by atoms with E-state index in [0.717, 1.165) is 38.5 Å². The van der Waals surface area contributed by atoms with Crippen molar-refractivity contribution in [1.29, 1.82) is 0 Å². The van der Waals surface area contributed by atoms with Gasteiger partial charge in [0.15, 0.2) is 0 Å². The average molecular weight is 807 g/mol. The molecule has 0 aliphatic heterocycles. The minimum atomic E-state index is -0.766. The van der Waals surface area contributed by atoms with Crippen LogP contribution in [0.2, 0.25) is 0 Å². The Labute approximate surface area is 352 Å². The van der Waals surface area contributed by atoms with Crippen molar-refractivity contribution in [3.05, 3.63) is 217 Å². The van der Waals surface area contributed by atoms with Crippen LogP contribution in [0.15, 0.2) is 230 Å². The first-order chi connectivity index (χ1) is 27.5. The standard InChI is InChI=1S/C51H50OS4/c52-51(53)37-30-42(39-44-28-35-50(36-29-44)56-47-22-11-4-12-23-47)17-13-16-41(38-43-26-33-49(34-27-43)55-46-20-9-3-10-21-46)15-6-1-5-14-40-24-31-48(32-25-40)54-45-18-7-2-8-19-45/h1-4,6-13,16,18-37,41-42,51-53H,5,14-15,17,38-39H2/b6-1-,16-13-,37-30-. The van der Waals surface area contributed by atoms with E-state index in [-0.39, 0.29) is 5.92 Å². The summed E-state index contributed by atoms with van der Waals surface area (Å²) in [4.78, 5) is 7.52. The summed E-state index contributed by atoms with van der Waals surface area (Å²) >= 11 is 9.60. The van der Waals surface area contributed by atoms with E-state index in [2.05, 4.69) is 201 Å². The summed E-state index contributed by atoms with van der Waals surface area (Å²) in [7, 11) is 0. The van der Waals surface area contributed by atoms with Crippen molar-refractivity contribution in [3.8, 4) is 0 Å². The van der Waals surface area contributed by atoms with Gasteiger partial charge in [0.1, 0.15) is 5.44 Å². The summed E-state index contributed by atoms with van der Waals surface area (Å²) in [5, 5.41) is 9.95. The number of aliphatic hydroxyl groups excluding tert-OH is 1. The summed E-state index contributed by atoms with van der Waals surface area (Å²) in [6.45, 7) is 0. The Morgan fingerprint density at radius 3 is 1.21 bits per heavy atom. The van der Waals surface area contributed by atoms with E-state index in [1.54, 1.807) is 41.4 Å². The van der Waals surface area contributed by atoms with Crippen molar-refractivity contribution in [3.63, 3.8) is 0 Å². The number of hydrogen-bond acceptors (Lipinski definition) is 5. The maximum absolute atomic E-state index is 9.95. The maximum atomic E-state index is 9.95. The second-order valence-electron chi connectivity index (χ2n) is 13.8. The quantitative estimate of drug-likeness (QED) is 0.0455. The molecule has 3 atom stereocenters. The molecule has 0 radical (unpaired) electrons. The van der Waals surface area contributed by atoms with Crippen LogP contribution in [0.1, 0.15) is 36.0 Å². The Kier molecular flexibility index (Phi) is 17.2. The normalized spacial score (nSPS) is 13.4. The molecule has 284 valence electrons. The zero-order chi connectivity index (χ0) is 38.6. The van der Waals surface area contributed by atoms with Crippen LogP contribution in [0.4, 0.5) is 0 Å². The van der Waals surface area contributed by atoms with Gasteiger partial charge in [-0.2, -0.15) is 0 Å². The summed E-state index contributed by atoms with van der Waals surface area (Å²) in [5.74, 6) is 0.631. The van der Waals surface area contributed by atoms with Gasteiger partial charge in [0.05, 0.1) is 0 Å². The number of aliphatic hydroxyl groups is 1. The van der Waals surface area contributed by atoms with E-state index in [1.807, 2.05) is 6.07 Å². The zero-order valence-corrected chi connectivity index (χ0v) is 35.0. The predicted octanol–water partition coefficient (Wildman–Crippen LogP) is 14.5. The van der Waals surface area contributed by atoms with Gasteiger partial charge >= 0.3 is 0 Å². The zero-order valence-electron chi connectivity index (χ0n) is 31.6. The van der Waals surface area contributed by atoms with Crippen molar-refractivity contribution < 1.29 is 5.11 Å². The Hall–Kier alpha value is -4.10. The lowest BCUT2D eigenvalue weighted by molar-refractivity contribution is 0.311. The van der Waals surface area contributed by atoms with Crippen LogP contribution in [-0.2, 0) is 19.3 Å². The fourth-order valence-electron chi connectivity index (χ4n) is 6.39. The molecule has 0 saturated heterocycles. The van der Waals surface area contributed by atoms with E-state index in [4.69, 9.17) is 0 Å². The Balaban J connectivity index is 1.07. The Bertz CT molecular complexity index is 2070. The van der Waals surface area contributed by atoms with Crippen LogP contribution in [0.5, 0.6) is 0 Å². The first-order valence-electron chi connectivity index (χ1n) is 19.4. The molecule has 0 aliphatic carbocycles. The van der Waals surface area contributed by atoms with Gasteiger partial charge in [0.2, 0.25) is 0 Å². The third-order valence-electron chi connectivity index (χ3n) is 9.31. The van der Waals surface area contributed by atoms with Gasteiger partial charge in [-0.25, -0.2) is 0 Å². The largest absolute Gasteiger partial charge is 0.379 e. The molecule has 1 N–H and O–H groups in total. The lowest BCUT2D eigenvalue weighted by atomic mass is 9.92. The lowest BCUT2D eigenvalue weighted by Gasteiger charge is -2.14. The molecule has 56 heavy (non-hydrogen) atoms. The molecule has 1 nitrogen and oxygen atoms in total. The number of hydrogen-bond donors (Lipinski definition) is 2. The average Bonchev–Trinajstić information content (AvgIpc) is 3.23. The number of allylic oxidation sites excluding steroid dienone is 5. The molecular formula is C51H50OS4. The first kappa shape index (κ1) is 41.5. The van der Waals surface area contributed by atoms with Crippen molar-refractivity contribution in [2.45, 2.75) is 73.3 Å². The number of benzene rings is 6. The highest BCUT2D eigenvalue weighted by atomic mass is 32.2. The molecule has 6 aromatic rings. The highest BCUT2D eigenvalue weighted by Crippen LogP contribution is 2.30. The topological polar surface area (TPSA) is 20.2 Å². The molecule has 0 amide bonds. The highest BCUT2D eigenvalue weighted by molar-refractivity contribution is 7.99. The molecule has 5 heteroatoms. The third kappa shape index (κ3) is 15.1. The number of aryl methyl sites for hydroxylation is 1. The van der Waals surface area contributed by atoms with E-state index in [1.165, 1.54) is 46.1 Å². The van der Waals surface area contributed by atoms with Crippen LogP contribution >= 0.6 is 47.9 Å². The van der Waals surface area contributed by atoms with Crippen molar-refractivity contribution in [2.24, 2.45) is 11.8 Å². The van der Waals surface area contributed by atoms with E-state index >= 15 is 0 Å². The molecule has 0 saturated carbocycles. The Morgan fingerprint density at radius 2 is 0.786 bits per heavy atom. The second kappa shape index (κ2) is 23.2. The molecule has 3 unspecified atom stereocenters. The van der Waals surface area contributed by atoms with Gasteiger partial charge in [-0.1, -0.05) is 157 Å². The third-order valence-corrected chi connectivity index (χ3v) is 12.5. The van der Waals surface area contributed by atoms with Crippen molar-refractivity contribution in [2.75, 3.05) is 0 Å². The van der Waals surface area contributed by atoms with Crippen LogP contribution in [0.3, 0.4) is 0 Å². The number of rotatable bonds is 20. The summed E-state index contributed by atoms with van der Waals surface area (Å²) in [5.41, 5.74) is 3.24. The molecule has 0 aliphatic rings. The van der Waals surface area contributed by atoms with Gasteiger partial charge in [-0.15, -0.1) is 12.6 Å². The summed E-state index contributed by atoms with van der Waals surface area (Å²) in [6.07, 6.45) is 19.2. The molecular weight excluding hydrogens is 757 g/mol. The first-order valence-corrected chi connectivity index (χ1v) is 22.3. The van der Waals surface area contributed by atoms with Crippen LogP contribution in [-0.4, -0.2) is 10.5 Å². The maximum Gasteiger partial charge on any atom is 0.115 e. The van der Waals surface area contributed by atoms with E-state index in [9.17, 15) is 5.11 Å². The van der Waals surface area contributed by atoms with Gasteiger partial charge in [-0.3, -0.25) is 0 Å². The van der Waals surface area contributed by atoms with Crippen LogP contribution < -0.4 is 0 Å². The van der Waals surface area contributed by atoms with Gasteiger partial charge < -0.3 is 5.11 Å². The van der Waals surface area contributed by atoms with Gasteiger partial charge in [0, 0.05) is 29.4 Å². The fourth-order valence-corrected chi connectivity index (χ4v) is 9.00. The lowest BCUT2D eigenvalue weighted by Crippen LogP contribution is -2.04.